The predicted molar refractivity (Wildman–Crippen MR) is 113 cm³/mol. The summed E-state index contributed by atoms with van der Waals surface area (Å²) in [6, 6.07) is 6.34. The molecule has 0 aliphatic carbocycles. The van der Waals surface area contributed by atoms with Crippen molar-refractivity contribution in [3.8, 4) is 0 Å². The first-order chi connectivity index (χ1) is 13.8. The lowest BCUT2D eigenvalue weighted by molar-refractivity contribution is 0.102. The molecule has 1 atom stereocenters. The van der Waals surface area contributed by atoms with Gasteiger partial charge in [0.05, 0.1) is 22.5 Å². The van der Waals surface area contributed by atoms with E-state index in [2.05, 4.69) is 20.4 Å². The summed E-state index contributed by atoms with van der Waals surface area (Å²) in [4.78, 5) is 21.6. The number of amides is 1. The van der Waals surface area contributed by atoms with Crippen LogP contribution in [0.25, 0.3) is 5.65 Å². The summed E-state index contributed by atoms with van der Waals surface area (Å²) < 4.78 is 16.2. The van der Waals surface area contributed by atoms with Crippen LogP contribution in [-0.4, -0.2) is 31.4 Å². The molecule has 2 aromatic heterocycles. The summed E-state index contributed by atoms with van der Waals surface area (Å²) in [5.41, 5.74) is 8.57. The van der Waals surface area contributed by atoms with Crippen LogP contribution >= 0.6 is 11.8 Å². The second-order valence-corrected chi connectivity index (χ2v) is 8.40. The Labute approximate surface area is 171 Å². The number of fused-ring (bicyclic) bond motifs is 1. The van der Waals surface area contributed by atoms with Crippen molar-refractivity contribution in [1.82, 2.24) is 14.6 Å². The number of carbonyl (C=O) groups is 1. The number of hydrogen-bond donors (Lipinski definition) is 2. The van der Waals surface area contributed by atoms with Gasteiger partial charge in [0.1, 0.15) is 5.82 Å². The van der Waals surface area contributed by atoms with E-state index in [0.29, 0.717) is 39.7 Å². The molecule has 7 nitrogen and oxygen atoms in total. The number of nitrogens with two attached hydrogens (primary N) is 1. The normalized spacial score (nSPS) is 19.2. The average molecular weight is 412 g/mol. The summed E-state index contributed by atoms with van der Waals surface area (Å²) >= 11 is 1.46. The maximum atomic E-state index is 14.6. The van der Waals surface area contributed by atoms with Gasteiger partial charge < -0.3 is 11.1 Å². The minimum Gasteiger partial charge on any atom is -0.379 e. The molecule has 3 aromatic rings. The van der Waals surface area contributed by atoms with Crippen LogP contribution in [0, 0.1) is 19.7 Å². The molecule has 1 aromatic carbocycles. The van der Waals surface area contributed by atoms with Crippen molar-refractivity contribution >= 4 is 34.2 Å². The van der Waals surface area contributed by atoms with Gasteiger partial charge in [0, 0.05) is 29.3 Å². The van der Waals surface area contributed by atoms with Crippen molar-refractivity contribution in [2.45, 2.75) is 32.7 Å². The average Bonchev–Trinajstić information content (AvgIpc) is 3.04. The van der Waals surface area contributed by atoms with E-state index >= 15 is 0 Å². The van der Waals surface area contributed by atoms with Crippen LogP contribution in [0.2, 0.25) is 0 Å². The number of hydrogen-bond acceptors (Lipinski definition) is 6. The van der Waals surface area contributed by atoms with E-state index in [0.717, 1.165) is 11.4 Å². The number of aryl methyl sites for hydroxylation is 2. The van der Waals surface area contributed by atoms with Gasteiger partial charge in [0.15, 0.2) is 10.8 Å². The molecule has 9 heteroatoms. The van der Waals surface area contributed by atoms with Crippen LogP contribution < -0.4 is 11.1 Å². The van der Waals surface area contributed by atoms with Crippen LogP contribution in [0.15, 0.2) is 35.5 Å². The summed E-state index contributed by atoms with van der Waals surface area (Å²) in [5, 5.41) is 7.64. The Morgan fingerprint density at radius 2 is 2.14 bits per heavy atom. The molecule has 150 valence electrons. The number of anilines is 1. The smallest absolute Gasteiger partial charge is 0.259 e. The fourth-order valence-corrected chi connectivity index (χ4v) is 4.46. The molecule has 0 radical (unpaired) electrons. The summed E-state index contributed by atoms with van der Waals surface area (Å²) in [5.74, 6) is 0.0472. The van der Waals surface area contributed by atoms with Gasteiger partial charge in [-0.25, -0.2) is 13.9 Å². The fourth-order valence-electron chi connectivity index (χ4n) is 3.48. The first kappa shape index (κ1) is 19.4. The van der Waals surface area contributed by atoms with Gasteiger partial charge >= 0.3 is 0 Å². The molecule has 0 saturated heterocycles. The number of halogens is 1. The zero-order valence-corrected chi connectivity index (χ0v) is 17.2. The number of thioether (sulfide) groups is 1. The number of nitrogens with one attached hydrogen (secondary N) is 1. The Balaban J connectivity index is 1.66. The van der Waals surface area contributed by atoms with Crippen molar-refractivity contribution in [3.63, 3.8) is 0 Å². The number of carbonyl (C=O) groups excluding carboxylic acids is 1. The Morgan fingerprint density at radius 1 is 1.34 bits per heavy atom. The van der Waals surface area contributed by atoms with E-state index in [1.165, 1.54) is 30.1 Å². The highest BCUT2D eigenvalue weighted by Crippen LogP contribution is 2.37. The molecular weight excluding hydrogens is 391 g/mol. The molecule has 29 heavy (non-hydrogen) atoms. The monoisotopic (exact) mass is 412 g/mol. The Morgan fingerprint density at radius 3 is 2.90 bits per heavy atom. The standard InChI is InChI=1S/C20H21FN6OS/c1-11-8-17-23-10-14(12(2)27(17)26-11)18(28)24-13-4-5-16(21)15(9-13)20(3)6-7-29-19(22)25-20/h4-5,8-10H,6-7H2,1-3H3,(H2,22,25)(H,24,28). The van der Waals surface area contributed by atoms with Crippen LogP contribution in [0.3, 0.4) is 0 Å². The van der Waals surface area contributed by atoms with Crippen molar-refractivity contribution < 1.29 is 9.18 Å². The maximum absolute atomic E-state index is 14.6. The van der Waals surface area contributed by atoms with Crippen molar-refractivity contribution in [2.75, 3.05) is 11.1 Å². The van der Waals surface area contributed by atoms with Crippen LogP contribution in [-0.2, 0) is 5.54 Å². The number of aromatic nitrogens is 3. The second-order valence-electron chi connectivity index (χ2n) is 7.28. The highest BCUT2D eigenvalue weighted by molar-refractivity contribution is 8.13. The van der Waals surface area contributed by atoms with Gasteiger partial charge in [-0.2, -0.15) is 5.10 Å². The SMILES string of the molecule is Cc1cc2ncc(C(=O)Nc3ccc(F)c(C4(C)CCSC(N)=N4)c3)c(C)n2n1. The Bertz CT molecular complexity index is 1160. The zero-order chi connectivity index (χ0) is 20.8. The van der Waals surface area contributed by atoms with Gasteiger partial charge in [-0.05, 0) is 45.4 Å². The largest absolute Gasteiger partial charge is 0.379 e. The number of nitrogens with zero attached hydrogens (tertiary/aromatic N) is 4. The number of benzene rings is 1. The Hall–Kier alpha value is -2.94. The quantitative estimate of drug-likeness (QED) is 0.687. The molecule has 0 spiro atoms. The lowest BCUT2D eigenvalue weighted by atomic mass is 9.89. The van der Waals surface area contributed by atoms with E-state index in [4.69, 9.17) is 5.73 Å². The van der Waals surface area contributed by atoms with Crippen LogP contribution in [0.5, 0.6) is 0 Å². The third-order valence-electron chi connectivity index (χ3n) is 5.09. The first-order valence-electron chi connectivity index (χ1n) is 9.18. The maximum Gasteiger partial charge on any atom is 0.259 e. The van der Waals surface area contributed by atoms with E-state index in [1.807, 2.05) is 26.8 Å². The highest BCUT2D eigenvalue weighted by atomic mass is 32.2. The topological polar surface area (TPSA) is 97.7 Å². The molecular formula is C20H21FN6OS. The summed E-state index contributed by atoms with van der Waals surface area (Å²) in [7, 11) is 0. The molecule has 1 aliphatic rings. The molecule has 0 saturated carbocycles. The molecule has 3 N–H and O–H groups in total. The molecule has 4 rings (SSSR count). The van der Waals surface area contributed by atoms with Gasteiger partial charge in [-0.3, -0.25) is 9.79 Å². The lowest BCUT2D eigenvalue weighted by Gasteiger charge is -2.30. The van der Waals surface area contributed by atoms with Crippen molar-refractivity contribution in [3.05, 3.63) is 58.8 Å². The zero-order valence-electron chi connectivity index (χ0n) is 16.4. The minimum atomic E-state index is -0.761. The lowest BCUT2D eigenvalue weighted by Crippen LogP contribution is -2.30. The Kier molecular flexibility index (Phi) is 4.77. The fraction of sp³-hybridized carbons (Fsp3) is 0.300. The van der Waals surface area contributed by atoms with Gasteiger partial charge in [-0.15, -0.1) is 0 Å². The first-order valence-corrected chi connectivity index (χ1v) is 10.2. The molecule has 1 amide bonds. The molecule has 1 aliphatic heterocycles. The van der Waals surface area contributed by atoms with E-state index in [9.17, 15) is 9.18 Å². The second kappa shape index (κ2) is 7.14. The molecule has 0 bridgehead atoms. The van der Waals surface area contributed by atoms with Crippen molar-refractivity contribution in [1.29, 1.82) is 0 Å². The number of rotatable bonds is 3. The van der Waals surface area contributed by atoms with E-state index in [-0.39, 0.29) is 11.7 Å². The van der Waals surface area contributed by atoms with Crippen molar-refractivity contribution in [2.24, 2.45) is 10.7 Å². The predicted octanol–water partition coefficient (Wildman–Crippen LogP) is 3.40. The van der Waals surface area contributed by atoms with E-state index in [1.54, 1.807) is 10.6 Å². The minimum absolute atomic E-state index is 0.338. The number of amidine groups is 1. The van der Waals surface area contributed by atoms with Gasteiger partial charge in [-0.1, -0.05) is 11.8 Å². The van der Waals surface area contributed by atoms with Gasteiger partial charge in [0.25, 0.3) is 5.91 Å². The molecule has 1 unspecified atom stereocenters. The van der Waals surface area contributed by atoms with Gasteiger partial charge in [0.2, 0.25) is 0 Å². The van der Waals surface area contributed by atoms with Crippen LogP contribution in [0.1, 0.15) is 40.7 Å². The summed E-state index contributed by atoms with van der Waals surface area (Å²) in [6.45, 7) is 5.53. The summed E-state index contributed by atoms with van der Waals surface area (Å²) in [6.07, 6.45) is 2.18. The van der Waals surface area contributed by atoms with Crippen LogP contribution in [0.4, 0.5) is 10.1 Å². The highest BCUT2D eigenvalue weighted by Gasteiger charge is 2.32. The number of aliphatic imine (C=N–C) groups is 1. The third kappa shape index (κ3) is 3.57. The molecule has 3 heterocycles. The van der Waals surface area contributed by atoms with E-state index < -0.39 is 5.54 Å². The molecule has 0 fully saturated rings. The third-order valence-corrected chi connectivity index (χ3v) is 5.89.